The Morgan fingerprint density at radius 2 is 1.78 bits per heavy atom. The molecule has 0 bridgehead atoms. The zero-order chi connectivity index (χ0) is 16.4. The molecule has 0 N–H and O–H groups in total. The van der Waals surface area contributed by atoms with Crippen LogP contribution in [0, 0.1) is 0 Å². The van der Waals surface area contributed by atoms with E-state index >= 15 is 0 Å². The fourth-order valence-electron chi connectivity index (χ4n) is 2.41. The molecule has 3 rings (SSSR count). The van der Waals surface area contributed by atoms with Gasteiger partial charge in [0, 0.05) is 17.5 Å². The van der Waals surface area contributed by atoms with Crippen molar-refractivity contribution in [2.24, 2.45) is 0 Å². The summed E-state index contributed by atoms with van der Waals surface area (Å²) in [6.45, 7) is 2.29. The fraction of sp³-hybridized carbons (Fsp3) is 0.250. The lowest BCUT2D eigenvalue weighted by molar-refractivity contribution is 0.174. The lowest BCUT2D eigenvalue weighted by Crippen LogP contribution is -2.30. The van der Waals surface area contributed by atoms with Gasteiger partial charge in [0.2, 0.25) is 6.79 Å². The van der Waals surface area contributed by atoms with Crippen molar-refractivity contribution < 1.29 is 17.9 Å². The van der Waals surface area contributed by atoms with Gasteiger partial charge in [-0.3, -0.25) is 4.31 Å². The summed E-state index contributed by atoms with van der Waals surface area (Å²) in [6.07, 6.45) is 1.95. The second kappa shape index (κ2) is 6.33. The van der Waals surface area contributed by atoms with Crippen molar-refractivity contribution in [1.82, 2.24) is 0 Å². The topological polar surface area (TPSA) is 55.8 Å². The first kappa shape index (κ1) is 16.0. The average molecular weight is 351 g/mol. The lowest BCUT2D eigenvalue weighted by Gasteiger charge is -2.23. The molecule has 0 unspecified atom stereocenters. The minimum Gasteiger partial charge on any atom is -0.454 e. The number of ether oxygens (including phenoxy) is 2. The monoisotopic (exact) mass is 351 g/mol. The highest BCUT2D eigenvalue weighted by atomic mass is 32.2. The van der Waals surface area contributed by atoms with Crippen LogP contribution in [-0.2, 0) is 10.0 Å². The predicted octanol–water partition coefficient (Wildman–Crippen LogP) is 3.35. The Morgan fingerprint density at radius 3 is 2.43 bits per heavy atom. The first-order valence-corrected chi connectivity index (χ1v) is 9.79. The van der Waals surface area contributed by atoms with Crippen LogP contribution in [-0.4, -0.2) is 28.0 Å². The number of anilines is 1. The molecule has 0 aliphatic carbocycles. The number of nitrogens with zero attached hydrogens (tertiary/aromatic N) is 1. The van der Waals surface area contributed by atoms with Crippen LogP contribution < -0.4 is 13.8 Å². The van der Waals surface area contributed by atoms with Crippen LogP contribution in [0.3, 0.4) is 0 Å². The minimum absolute atomic E-state index is 0.161. The van der Waals surface area contributed by atoms with E-state index in [4.69, 9.17) is 9.47 Å². The third kappa shape index (κ3) is 2.98. The van der Waals surface area contributed by atoms with Gasteiger partial charge >= 0.3 is 0 Å². The average Bonchev–Trinajstić information content (AvgIpc) is 3.03. The van der Waals surface area contributed by atoms with E-state index in [2.05, 4.69) is 0 Å². The molecule has 0 fully saturated rings. The molecule has 0 saturated heterocycles. The van der Waals surface area contributed by atoms with Crippen molar-refractivity contribution in [3.63, 3.8) is 0 Å². The van der Waals surface area contributed by atoms with Crippen molar-refractivity contribution in [3.8, 4) is 11.5 Å². The SMILES string of the molecule is CCN(c1ccc2c(c1)OCO2)S(=O)(=O)c1ccc(SC)cc1. The molecule has 0 spiro atoms. The molecule has 0 amide bonds. The second-order valence-corrected chi connectivity index (χ2v) is 7.62. The minimum atomic E-state index is -3.62. The van der Waals surface area contributed by atoms with Crippen molar-refractivity contribution in [2.75, 3.05) is 23.9 Å². The molecular formula is C16H17NO4S2. The molecule has 0 atom stereocenters. The quantitative estimate of drug-likeness (QED) is 0.773. The molecule has 1 heterocycles. The highest BCUT2D eigenvalue weighted by Gasteiger charge is 2.25. The molecule has 1 aliphatic rings. The molecule has 122 valence electrons. The summed E-state index contributed by atoms with van der Waals surface area (Å²) < 4.78 is 37.8. The van der Waals surface area contributed by atoms with Gasteiger partial charge in [0.25, 0.3) is 10.0 Å². The van der Waals surface area contributed by atoms with Gasteiger partial charge in [-0.25, -0.2) is 8.42 Å². The predicted molar refractivity (Wildman–Crippen MR) is 91.0 cm³/mol. The summed E-state index contributed by atoms with van der Waals surface area (Å²) in [5.74, 6) is 1.19. The molecule has 0 aromatic heterocycles. The maximum Gasteiger partial charge on any atom is 0.264 e. The highest BCUT2D eigenvalue weighted by Crippen LogP contribution is 2.37. The number of hydrogen-bond donors (Lipinski definition) is 0. The van der Waals surface area contributed by atoms with Gasteiger partial charge in [-0.15, -0.1) is 11.8 Å². The van der Waals surface area contributed by atoms with Gasteiger partial charge in [0.05, 0.1) is 10.6 Å². The summed E-state index contributed by atoms with van der Waals surface area (Å²) in [5.41, 5.74) is 0.561. The van der Waals surface area contributed by atoms with Gasteiger partial charge < -0.3 is 9.47 Å². The summed E-state index contributed by atoms with van der Waals surface area (Å²) in [7, 11) is -3.62. The molecule has 7 heteroatoms. The molecule has 1 aliphatic heterocycles. The molecule has 0 saturated carbocycles. The van der Waals surface area contributed by atoms with Crippen LogP contribution in [0.5, 0.6) is 11.5 Å². The Bertz CT molecular complexity index is 803. The van der Waals surface area contributed by atoms with Crippen LogP contribution in [0.25, 0.3) is 0 Å². The van der Waals surface area contributed by atoms with Gasteiger partial charge in [-0.2, -0.15) is 0 Å². The van der Waals surface area contributed by atoms with Gasteiger partial charge in [-0.1, -0.05) is 0 Å². The zero-order valence-corrected chi connectivity index (χ0v) is 14.5. The molecule has 23 heavy (non-hydrogen) atoms. The number of fused-ring (bicyclic) bond motifs is 1. The summed E-state index contributed by atoms with van der Waals surface area (Å²) >= 11 is 1.57. The number of thioether (sulfide) groups is 1. The lowest BCUT2D eigenvalue weighted by atomic mass is 10.3. The van der Waals surface area contributed by atoms with Gasteiger partial charge in [0.15, 0.2) is 11.5 Å². The standard InChI is InChI=1S/C16H17NO4S2/c1-3-17(12-4-9-15-16(10-12)21-11-20-15)23(18,19)14-7-5-13(22-2)6-8-14/h4-10H,3,11H2,1-2H3. The highest BCUT2D eigenvalue weighted by molar-refractivity contribution is 7.98. The second-order valence-electron chi connectivity index (χ2n) is 4.88. The van der Waals surface area contributed by atoms with Crippen LogP contribution in [0.1, 0.15) is 6.92 Å². The maximum absolute atomic E-state index is 12.9. The molecule has 0 radical (unpaired) electrons. The Balaban J connectivity index is 1.98. The van der Waals surface area contributed by atoms with Crippen LogP contribution in [0.4, 0.5) is 5.69 Å². The number of rotatable bonds is 5. The summed E-state index contributed by atoms with van der Waals surface area (Å²) in [6, 6.07) is 12.0. The van der Waals surface area contributed by atoms with E-state index < -0.39 is 10.0 Å². The van der Waals surface area contributed by atoms with Crippen molar-refractivity contribution in [3.05, 3.63) is 42.5 Å². The first-order chi connectivity index (χ1) is 11.1. The molecular weight excluding hydrogens is 334 g/mol. The van der Waals surface area contributed by atoms with Crippen molar-refractivity contribution >= 4 is 27.5 Å². The van der Waals surface area contributed by atoms with E-state index in [1.807, 2.05) is 18.4 Å². The van der Waals surface area contributed by atoms with Crippen LogP contribution in [0.15, 0.2) is 52.3 Å². The van der Waals surface area contributed by atoms with Crippen molar-refractivity contribution in [2.45, 2.75) is 16.7 Å². The normalized spacial score (nSPS) is 13.1. The number of sulfonamides is 1. The molecule has 5 nitrogen and oxygen atoms in total. The zero-order valence-electron chi connectivity index (χ0n) is 12.9. The Morgan fingerprint density at radius 1 is 1.09 bits per heavy atom. The molecule has 2 aromatic rings. The van der Waals surface area contributed by atoms with E-state index in [-0.39, 0.29) is 11.7 Å². The number of benzene rings is 2. The largest absolute Gasteiger partial charge is 0.454 e. The van der Waals surface area contributed by atoms with Gasteiger partial charge in [0.1, 0.15) is 0 Å². The smallest absolute Gasteiger partial charge is 0.264 e. The van der Waals surface area contributed by atoms with Gasteiger partial charge in [-0.05, 0) is 49.6 Å². The van der Waals surface area contributed by atoms with E-state index in [0.29, 0.717) is 23.7 Å². The van der Waals surface area contributed by atoms with Crippen molar-refractivity contribution in [1.29, 1.82) is 0 Å². The Hall–Kier alpha value is -1.86. The van der Waals surface area contributed by atoms with Crippen LogP contribution >= 0.6 is 11.8 Å². The van der Waals surface area contributed by atoms with E-state index in [1.165, 1.54) is 4.31 Å². The fourth-order valence-corrected chi connectivity index (χ4v) is 4.28. The van der Waals surface area contributed by atoms with Crippen LogP contribution in [0.2, 0.25) is 0 Å². The Kier molecular flexibility index (Phi) is 4.41. The molecule has 2 aromatic carbocycles. The van der Waals surface area contributed by atoms with E-state index in [0.717, 1.165) is 4.90 Å². The summed E-state index contributed by atoms with van der Waals surface area (Å²) in [5, 5.41) is 0. The third-order valence-corrected chi connectivity index (χ3v) is 6.24. The first-order valence-electron chi connectivity index (χ1n) is 7.12. The Labute approximate surface area is 140 Å². The third-order valence-electron chi connectivity index (χ3n) is 3.58. The van der Waals surface area contributed by atoms with E-state index in [9.17, 15) is 8.42 Å². The number of hydrogen-bond acceptors (Lipinski definition) is 5. The summed E-state index contributed by atoms with van der Waals surface area (Å²) in [4.78, 5) is 1.30. The maximum atomic E-state index is 12.9. The van der Waals surface area contributed by atoms with E-state index in [1.54, 1.807) is 49.0 Å².